The van der Waals surface area contributed by atoms with Gasteiger partial charge in [-0.3, -0.25) is 4.79 Å². The summed E-state index contributed by atoms with van der Waals surface area (Å²) in [4.78, 5) is 12.2. The summed E-state index contributed by atoms with van der Waals surface area (Å²) in [5, 5.41) is 9.49. The van der Waals surface area contributed by atoms with Crippen molar-refractivity contribution in [2.45, 2.75) is 6.61 Å². The Kier molecular flexibility index (Phi) is 7.15. The van der Waals surface area contributed by atoms with E-state index in [1.807, 2.05) is 84.9 Å². The Labute approximate surface area is 195 Å². The average Bonchev–Trinajstić information content (AvgIpc) is 2.83. The van der Waals surface area contributed by atoms with E-state index in [-0.39, 0.29) is 12.5 Å². The minimum absolute atomic E-state index is 0.122. The van der Waals surface area contributed by atoms with E-state index in [9.17, 15) is 4.79 Å². The summed E-state index contributed by atoms with van der Waals surface area (Å²) in [6, 6.07) is 29.6. The number of carbonyl (C=O) groups excluding carboxylic acids is 1. The van der Waals surface area contributed by atoms with Crippen LogP contribution in [0.3, 0.4) is 0 Å². The van der Waals surface area contributed by atoms with Gasteiger partial charge in [0.15, 0.2) is 0 Å². The van der Waals surface area contributed by atoms with Gasteiger partial charge in [0.1, 0.15) is 12.4 Å². The average molecular weight is 488 g/mol. The molecular formula is C26H22BrN3O2. The minimum Gasteiger partial charge on any atom is -0.488 e. The van der Waals surface area contributed by atoms with Crippen LogP contribution in [-0.4, -0.2) is 18.7 Å². The number of ether oxygens (including phenoxy) is 1. The second kappa shape index (κ2) is 10.6. The van der Waals surface area contributed by atoms with E-state index >= 15 is 0 Å². The minimum atomic E-state index is -0.234. The summed E-state index contributed by atoms with van der Waals surface area (Å²) in [6.07, 6.45) is 1.59. The number of nitrogens with zero attached hydrogens (tertiary/aromatic N) is 1. The molecule has 4 rings (SSSR count). The van der Waals surface area contributed by atoms with Crippen molar-refractivity contribution < 1.29 is 9.53 Å². The van der Waals surface area contributed by atoms with Gasteiger partial charge >= 0.3 is 0 Å². The van der Waals surface area contributed by atoms with Crippen LogP contribution in [0.4, 0.5) is 5.69 Å². The van der Waals surface area contributed by atoms with Gasteiger partial charge in [0, 0.05) is 15.7 Å². The SMILES string of the molecule is O=C(CNc1ccc2ccccc2c1)N/N=C/c1ccccc1OCc1ccc(Br)cc1. The lowest BCUT2D eigenvalue weighted by Gasteiger charge is -2.09. The third-order valence-electron chi connectivity index (χ3n) is 4.82. The molecule has 0 spiro atoms. The molecule has 2 N–H and O–H groups in total. The molecule has 0 aromatic heterocycles. The standard InChI is InChI=1S/C26H22BrN3O2/c27-23-12-9-19(10-13-23)18-32-25-8-4-3-7-22(25)16-29-30-26(31)17-28-24-14-11-20-5-1-2-6-21(20)15-24/h1-16,28H,17-18H2,(H,30,31)/b29-16+. The molecule has 0 radical (unpaired) electrons. The van der Waals surface area contributed by atoms with Crippen LogP contribution in [-0.2, 0) is 11.4 Å². The highest BCUT2D eigenvalue weighted by Crippen LogP contribution is 2.19. The van der Waals surface area contributed by atoms with Crippen LogP contribution in [0.2, 0.25) is 0 Å². The maximum atomic E-state index is 12.2. The zero-order valence-corrected chi connectivity index (χ0v) is 18.9. The van der Waals surface area contributed by atoms with Gasteiger partial charge in [0.05, 0.1) is 12.8 Å². The summed E-state index contributed by atoms with van der Waals surface area (Å²) in [5.74, 6) is 0.463. The van der Waals surface area contributed by atoms with E-state index in [1.165, 1.54) is 0 Å². The van der Waals surface area contributed by atoms with E-state index < -0.39 is 0 Å². The fourth-order valence-electron chi connectivity index (χ4n) is 3.16. The van der Waals surface area contributed by atoms with Gasteiger partial charge in [-0.15, -0.1) is 0 Å². The largest absolute Gasteiger partial charge is 0.488 e. The highest BCUT2D eigenvalue weighted by Gasteiger charge is 2.03. The summed E-state index contributed by atoms with van der Waals surface area (Å²) in [6.45, 7) is 0.567. The predicted octanol–water partition coefficient (Wildman–Crippen LogP) is 5.74. The topological polar surface area (TPSA) is 62.7 Å². The molecule has 32 heavy (non-hydrogen) atoms. The number of anilines is 1. The second-order valence-corrected chi connectivity index (χ2v) is 8.08. The zero-order chi connectivity index (χ0) is 22.2. The molecule has 0 saturated carbocycles. The molecule has 0 heterocycles. The van der Waals surface area contributed by atoms with E-state index in [1.54, 1.807) is 6.21 Å². The maximum Gasteiger partial charge on any atom is 0.259 e. The van der Waals surface area contributed by atoms with Gasteiger partial charge in [-0.05, 0) is 52.7 Å². The smallest absolute Gasteiger partial charge is 0.259 e. The zero-order valence-electron chi connectivity index (χ0n) is 17.3. The Balaban J connectivity index is 1.30. The molecule has 4 aromatic carbocycles. The molecule has 0 saturated heterocycles. The molecular weight excluding hydrogens is 466 g/mol. The van der Waals surface area contributed by atoms with Crippen molar-refractivity contribution in [2.75, 3.05) is 11.9 Å². The molecule has 0 atom stereocenters. The fraction of sp³-hybridized carbons (Fsp3) is 0.0769. The van der Waals surface area contributed by atoms with E-state index in [0.29, 0.717) is 12.4 Å². The van der Waals surface area contributed by atoms with Gasteiger partial charge in [0.25, 0.3) is 5.91 Å². The molecule has 0 aliphatic heterocycles. The summed E-state index contributed by atoms with van der Waals surface area (Å²) in [7, 11) is 0. The predicted molar refractivity (Wildman–Crippen MR) is 133 cm³/mol. The number of nitrogens with one attached hydrogen (secondary N) is 2. The molecule has 5 nitrogen and oxygen atoms in total. The normalized spacial score (nSPS) is 10.9. The van der Waals surface area contributed by atoms with Crippen molar-refractivity contribution in [3.05, 3.63) is 107 Å². The van der Waals surface area contributed by atoms with Crippen LogP contribution in [0.1, 0.15) is 11.1 Å². The Morgan fingerprint density at radius 3 is 2.50 bits per heavy atom. The molecule has 160 valence electrons. The third kappa shape index (κ3) is 5.95. The number of amides is 1. The summed E-state index contributed by atoms with van der Waals surface area (Å²) >= 11 is 3.43. The van der Waals surface area contributed by atoms with Gasteiger partial charge in [-0.25, -0.2) is 5.43 Å². The second-order valence-electron chi connectivity index (χ2n) is 7.16. The lowest BCUT2D eigenvalue weighted by Crippen LogP contribution is -2.25. The first-order valence-corrected chi connectivity index (χ1v) is 11.0. The number of fused-ring (bicyclic) bond motifs is 1. The molecule has 0 fully saturated rings. The number of halogens is 1. The number of carbonyl (C=O) groups is 1. The van der Waals surface area contributed by atoms with Crippen molar-refractivity contribution in [1.29, 1.82) is 0 Å². The summed E-state index contributed by atoms with van der Waals surface area (Å²) < 4.78 is 6.96. The summed E-state index contributed by atoms with van der Waals surface area (Å²) in [5.41, 5.74) is 5.28. The van der Waals surface area contributed by atoms with Crippen molar-refractivity contribution in [3.63, 3.8) is 0 Å². The molecule has 6 heteroatoms. The van der Waals surface area contributed by atoms with Crippen LogP contribution in [0.5, 0.6) is 5.75 Å². The number of rotatable bonds is 8. The Bertz CT molecular complexity index is 1240. The van der Waals surface area contributed by atoms with Crippen LogP contribution >= 0.6 is 15.9 Å². The highest BCUT2D eigenvalue weighted by molar-refractivity contribution is 9.10. The lowest BCUT2D eigenvalue weighted by molar-refractivity contribution is -0.119. The van der Waals surface area contributed by atoms with Gasteiger partial charge in [-0.1, -0.05) is 70.5 Å². The number of hydrazone groups is 1. The molecule has 1 amide bonds. The molecule has 4 aromatic rings. The Morgan fingerprint density at radius 1 is 0.906 bits per heavy atom. The van der Waals surface area contributed by atoms with Crippen LogP contribution in [0.15, 0.2) is 101 Å². The molecule has 0 aliphatic rings. The number of para-hydroxylation sites is 1. The van der Waals surface area contributed by atoms with Gasteiger partial charge < -0.3 is 10.1 Å². The first kappa shape index (κ1) is 21.6. The molecule has 0 bridgehead atoms. The molecule has 0 aliphatic carbocycles. The lowest BCUT2D eigenvalue weighted by atomic mass is 10.1. The number of hydrogen-bond donors (Lipinski definition) is 2. The molecule has 0 unspecified atom stereocenters. The maximum absolute atomic E-state index is 12.2. The van der Waals surface area contributed by atoms with Crippen LogP contribution in [0, 0.1) is 0 Å². The van der Waals surface area contributed by atoms with E-state index in [0.717, 1.165) is 32.1 Å². The van der Waals surface area contributed by atoms with Crippen molar-refractivity contribution >= 4 is 44.5 Å². The van der Waals surface area contributed by atoms with Crippen molar-refractivity contribution in [3.8, 4) is 5.75 Å². The highest BCUT2D eigenvalue weighted by atomic mass is 79.9. The third-order valence-corrected chi connectivity index (χ3v) is 5.35. The van der Waals surface area contributed by atoms with Crippen LogP contribution in [0.25, 0.3) is 10.8 Å². The first-order chi connectivity index (χ1) is 15.7. The van der Waals surface area contributed by atoms with Crippen molar-refractivity contribution in [1.82, 2.24) is 5.43 Å². The monoisotopic (exact) mass is 487 g/mol. The number of benzene rings is 4. The van der Waals surface area contributed by atoms with E-state index in [4.69, 9.17) is 4.74 Å². The fourth-order valence-corrected chi connectivity index (χ4v) is 3.42. The quantitative estimate of drug-likeness (QED) is 0.246. The van der Waals surface area contributed by atoms with Gasteiger partial charge in [-0.2, -0.15) is 5.10 Å². The Morgan fingerprint density at radius 2 is 1.66 bits per heavy atom. The van der Waals surface area contributed by atoms with Gasteiger partial charge in [0.2, 0.25) is 0 Å². The Hall–Kier alpha value is -3.64. The van der Waals surface area contributed by atoms with E-state index in [2.05, 4.69) is 37.8 Å². The van der Waals surface area contributed by atoms with Crippen LogP contribution < -0.4 is 15.5 Å². The van der Waals surface area contributed by atoms with Crippen molar-refractivity contribution in [2.24, 2.45) is 5.10 Å². The first-order valence-electron chi connectivity index (χ1n) is 10.2. The number of hydrogen-bond acceptors (Lipinski definition) is 4.